The Kier molecular flexibility index (Phi) is 6.14. The summed E-state index contributed by atoms with van der Waals surface area (Å²) in [5.74, 6) is -0.151. The van der Waals surface area contributed by atoms with Crippen LogP contribution in [0.25, 0.3) is 22.8 Å². The van der Waals surface area contributed by atoms with Gasteiger partial charge in [0.1, 0.15) is 5.82 Å². The van der Waals surface area contributed by atoms with E-state index in [4.69, 9.17) is 4.42 Å². The second kappa shape index (κ2) is 9.54. The van der Waals surface area contributed by atoms with E-state index in [0.717, 1.165) is 18.4 Å². The molecular formula is C28H24FN3O3. The molecule has 0 saturated heterocycles. The molecule has 3 aromatic carbocycles. The second-order valence-electron chi connectivity index (χ2n) is 8.66. The summed E-state index contributed by atoms with van der Waals surface area (Å²) >= 11 is 0. The van der Waals surface area contributed by atoms with Crippen molar-refractivity contribution in [3.63, 3.8) is 0 Å². The SMILES string of the molecule is CN(Cc1ccc(C(=O)NC2CC2)cc1)C(=O)c1ccccc1-c1ncc(-c2ccccc2F)o1. The molecule has 1 aliphatic rings. The number of hydrogen-bond acceptors (Lipinski definition) is 4. The van der Waals surface area contributed by atoms with Crippen molar-refractivity contribution in [1.29, 1.82) is 0 Å². The van der Waals surface area contributed by atoms with E-state index in [9.17, 15) is 14.0 Å². The first-order valence-electron chi connectivity index (χ1n) is 11.4. The van der Waals surface area contributed by atoms with Crippen molar-refractivity contribution in [2.24, 2.45) is 0 Å². The van der Waals surface area contributed by atoms with Gasteiger partial charge < -0.3 is 14.6 Å². The number of aromatic nitrogens is 1. The molecule has 7 heteroatoms. The van der Waals surface area contributed by atoms with E-state index in [2.05, 4.69) is 10.3 Å². The number of halogens is 1. The predicted octanol–water partition coefficient (Wildman–Crippen LogP) is 5.31. The number of carbonyl (C=O) groups is 2. The smallest absolute Gasteiger partial charge is 0.254 e. The third kappa shape index (κ3) is 4.99. The highest BCUT2D eigenvalue weighted by molar-refractivity contribution is 6.00. The Labute approximate surface area is 202 Å². The molecule has 176 valence electrons. The van der Waals surface area contributed by atoms with Crippen LogP contribution < -0.4 is 5.32 Å². The van der Waals surface area contributed by atoms with Crippen molar-refractivity contribution in [1.82, 2.24) is 15.2 Å². The molecule has 0 radical (unpaired) electrons. The standard InChI is InChI=1S/C28H24FN3O3/c1-32(17-18-10-12-19(13-11-18)26(33)31-20-14-15-20)28(34)22-7-3-2-6-21(22)27-30-16-25(35-27)23-8-4-5-9-24(23)29/h2-13,16,20H,14-15,17H2,1H3,(H,31,33). The summed E-state index contributed by atoms with van der Waals surface area (Å²) in [6, 6.07) is 20.9. The topological polar surface area (TPSA) is 75.4 Å². The van der Waals surface area contributed by atoms with Gasteiger partial charge in [-0.05, 0) is 54.8 Å². The van der Waals surface area contributed by atoms with E-state index >= 15 is 0 Å². The van der Waals surface area contributed by atoms with E-state index in [1.165, 1.54) is 12.3 Å². The van der Waals surface area contributed by atoms with Crippen molar-refractivity contribution < 1.29 is 18.4 Å². The maximum Gasteiger partial charge on any atom is 0.254 e. The van der Waals surface area contributed by atoms with Crippen molar-refractivity contribution in [2.45, 2.75) is 25.4 Å². The molecule has 1 N–H and O–H groups in total. The highest BCUT2D eigenvalue weighted by Gasteiger charge is 2.24. The minimum atomic E-state index is -0.407. The summed E-state index contributed by atoms with van der Waals surface area (Å²) in [7, 11) is 1.72. The fourth-order valence-corrected chi connectivity index (χ4v) is 3.85. The number of nitrogens with one attached hydrogen (secondary N) is 1. The average molecular weight is 470 g/mol. The van der Waals surface area contributed by atoms with Crippen LogP contribution in [-0.4, -0.2) is 34.8 Å². The molecule has 0 aliphatic heterocycles. The zero-order valence-electron chi connectivity index (χ0n) is 19.2. The maximum absolute atomic E-state index is 14.2. The second-order valence-corrected chi connectivity index (χ2v) is 8.66. The van der Waals surface area contributed by atoms with Crippen LogP contribution in [-0.2, 0) is 6.54 Å². The van der Waals surface area contributed by atoms with Crippen LogP contribution in [0.1, 0.15) is 39.1 Å². The van der Waals surface area contributed by atoms with Gasteiger partial charge in [0.05, 0.1) is 17.3 Å². The first-order chi connectivity index (χ1) is 17.0. The van der Waals surface area contributed by atoms with Crippen molar-refractivity contribution >= 4 is 11.8 Å². The zero-order chi connectivity index (χ0) is 24.4. The van der Waals surface area contributed by atoms with Crippen LogP contribution in [0.15, 0.2) is 83.4 Å². The van der Waals surface area contributed by atoms with Gasteiger partial charge in [0.2, 0.25) is 5.89 Å². The monoisotopic (exact) mass is 469 g/mol. The van der Waals surface area contributed by atoms with Gasteiger partial charge in [-0.1, -0.05) is 36.4 Å². The van der Waals surface area contributed by atoms with Crippen LogP contribution in [0.2, 0.25) is 0 Å². The number of nitrogens with zero attached hydrogens (tertiary/aromatic N) is 2. The fraction of sp³-hybridized carbons (Fsp3) is 0.179. The lowest BCUT2D eigenvalue weighted by Crippen LogP contribution is -2.27. The molecule has 1 saturated carbocycles. The first-order valence-corrected chi connectivity index (χ1v) is 11.4. The maximum atomic E-state index is 14.2. The quantitative estimate of drug-likeness (QED) is 0.398. The van der Waals surface area contributed by atoms with Crippen molar-refractivity contribution in [2.75, 3.05) is 7.05 Å². The largest absolute Gasteiger partial charge is 0.436 e. The summed E-state index contributed by atoms with van der Waals surface area (Å²) in [5.41, 5.74) is 2.77. The van der Waals surface area contributed by atoms with Gasteiger partial charge >= 0.3 is 0 Å². The van der Waals surface area contributed by atoms with Crippen LogP contribution in [0.5, 0.6) is 0 Å². The summed E-state index contributed by atoms with van der Waals surface area (Å²) in [6.07, 6.45) is 3.53. The number of amides is 2. The molecule has 0 bridgehead atoms. The van der Waals surface area contributed by atoms with Gasteiger partial charge in [-0.3, -0.25) is 9.59 Å². The van der Waals surface area contributed by atoms with Crippen LogP contribution in [0, 0.1) is 5.82 Å². The first kappa shape index (κ1) is 22.5. The Hall–Kier alpha value is -4.26. The Morgan fingerprint density at radius 2 is 1.69 bits per heavy atom. The lowest BCUT2D eigenvalue weighted by atomic mass is 10.1. The molecule has 2 amide bonds. The molecule has 1 fully saturated rings. The molecule has 6 nitrogen and oxygen atoms in total. The zero-order valence-corrected chi connectivity index (χ0v) is 19.2. The number of carbonyl (C=O) groups excluding carboxylic acids is 2. The van der Waals surface area contributed by atoms with Gasteiger partial charge in [-0.25, -0.2) is 9.37 Å². The minimum absolute atomic E-state index is 0.0712. The molecule has 0 unspecified atom stereocenters. The van der Waals surface area contributed by atoms with E-state index in [0.29, 0.717) is 40.6 Å². The summed E-state index contributed by atoms with van der Waals surface area (Å²) in [4.78, 5) is 31.4. The van der Waals surface area contributed by atoms with E-state index < -0.39 is 5.82 Å². The molecule has 0 spiro atoms. The Balaban J connectivity index is 1.32. The number of hydrogen-bond donors (Lipinski definition) is 1. The molecule has 5 rings (SSSR count). The average Bonchev–Trinajstić information content (AvgIpc) is 3.56. The predicted molar refractivity (Wildman–Crippen MR) is 130 cm³/mol. The third-order valence-corrected chi connectivity index (χ3v) is 5.93. The number of oxazole rings is 1. The lowest BCUT2D eigenvalue weighted by Gasteiger charge is -2.19. The summed E-state index contributed by atoms with van der Waals surface area (Å²) < 4.78 is 20.0. The fourth-order valence-electron chi connectivity index (χ4n) is 3.85. The van der Waals surface area contributed by atoms with Crippen LogP contribution in [0.3, 0.4) is 0 Å². The normalized spacial score (nSPS) is 12.9. The molecule has 4 aromatic rings. The van der Waals surface area contributed by atoms with Gasteiger partial charge in [0.25, 0.3) is 11.8 Å². The molecule has 0 atom stereocenters. The Morgan fingerprint density at radius 3 is 2.40 bits per heavy atom. The Bertz CT molecular complexity index is 1380. The highest BCUT2D eigenvalue weighted by atomic mass is 19.1. The summed E-state index contributed by atoms with van der Waals surface area (Å²) in [6.45, 7) is 0.365. The molecular weight excluding hydrogens is 445 g/mol. The van der Waals surface area contributed by atoms with Gasteiger partial charge in [-0.2, -0.15) is 0 Å². The van der Waals surface area contributed by atoms with Gasteiger partial charge in [-0.15, -0.1) is 0 Å². The lowest BCUT2D eigenvalue weighted by molar-refractivity contribution is 0.0785. The van der Waals surface area contributed by atoms with Crippen molar-refractivity contribution in [3.8, 4) is 22.8 Å². The molecule has 1 aliphatic carbocycles. The molecule has 1 heterocycles. The van der Waals surface area contributed by atoms with Crippen LogP contribution >= 0.6 is 0 Å². The van der Waals surface area contributed by atoms with Gasteiger partial charge in [0.15, 0.2) is 5.76 Å². The van der Waals surface area contributed by atoms with E-state index in [1.807, 2.05) is 12.1 Å². The number of benzene rings is 3. The van der Waals surface area contributed by atoms with E-state index in [-0.39, 0.29) is 17.7 Å². The minimum Gasteiger partial charge on any atom is -0.436 e. The number of rotatable bonds is 7. The summed E-state index contributed by atoms with van der Waals surface area (Å²) in [5, 5.41) is 2.97. The van der Waals surface area contributed by atoms with Gasteiger partial charge in [0, 0.05) is 30.8 Å². The Morgan fingerprint density at radius 1 is 1.00 bits per heavy atom. The van der Waals surface area contributed by atoms with E-state index in [1.54, 1.807) is 66.5 Å². The third-order valence-electron chi connectivity index (χ3n) is 5.93. The van der Waals surface area contributed by atoms with Crippen LogP contribution in [0.4, 0.5) is 4.39 Å². The molecule has 1 aromatic heterocycles. The van der Waals surface area contributed by atoms with Crippen molar-refractivity contribution in [3.05, 3.63) is 102 Å². The molecule has 35 heavy (non-hydrogen) atoms. The highest BCUT2D eigenvalue weighted by Crippen LogP contribution is 2.30.